The fourth-order valence-electron chi connectivity index (χ4n) is 3.29. The SMILES string of the molecule is C=C(/C=C\C(O)=C1/CCC2(CCCC2)C1)C(=O)CBr. The number of carbonyl (C=O) groups is 1. The zero-order valence-corrected chi connectivity index (χ0v) is 12.8. The Labute approximate surface area is 123 Å². The smallest absolute Gasteiger partial charge is 0.172 e. The van der Waals surface area contributed by atoms with E-state index in [9.17, 15) is 9.90 Å². The van der Waals surface area contributed by atoms with Crippen LogP contribution in [0.4, 0.5) is 0 Å². The van der Waals surface area contributed by atoms with Crippen molar-refractivity contribution in [3.8, 4) is 0 Å². The van der Waals surface area contributed by atoms with Crippen LogP contribution in [-0.2, 0) is 4.79 Å². The van der Waals surface area contributed by atoms with E-state index in [1.54, 1.807) is 12.2 Å². The number of hydrogen-bond donors (Lipinski definition) is 1. The lowest BCUT2D eigenvalue weighted by atomic mass is 9.84. The van der Waals surface area contributed by atoms with Gasteiger partial charge in [0.15, 0.2) is 5.78 Å². The van der Waals surface area contributed by atoms with Crippen LogP contribution in [0.3, 0.4) is 0 Å². The van der Waals surface area contributed by atoms with Gasteiger partial charge in [-0.25, -0.2) is 0 Å². The second-order valence-corrected chi connectivity index (χ2v) is 6.35. The molecule has 2 saturated carbocycles. The van der Waals surface area contributed by atoms with Crippen molar-refractivity contribution in [2.75, 3.05) is 5.33 Å². The molecule has 0 unspecified atom stereocenters. The number of rotatable bonds is 4. The molecule has 1 spiro atoms. The Morgan fingerprint density at radius 1 is 1.32 bits per heavy atom. The first-order valence-corrected chi connectivity index (χ1v) is 8.06. The largest absolute Gasteiger partial charge is 0.508 e. The average Bonchev–Trinajstić information content (AvgIpc) is 3.05. The van der Waals surface area contributed by atoms with Crippen LogP contribution in [0.2, 0.25) is 0 Å². The molecule has 2 fully saturated rings. The molecule has 2 nitrogen and oxygen atoms in total. The molecule has 0 heterocycles. The molecular formula is C16H21BrO2. The molecule has 0 radical (unpaired) electrons. The molecule has 1 N–H and O–H groups in total. The zero-order valence-electron chi connectivity index (χ0n) is 11.3. The molecule has 2 rings (SSSR count). The summed E-state index contributed by atoms with van der Waals surface area (Å²) in [5.74, 6) is 0.292. The number of allylic oxidation sites excluding steroid dienone is 4. The summed E-state index contributed by atoms with van der Waals surface area (Å²) in [6, 6.07) is 0. The Bertz CT molecular complexity index is 440. The molecule has 0 atom stereocenters. The lowest BCUT2D eigenvalue weighted by Gasteiger charge is -2.20. The second kappa shape index (κ2) is 6.08. The van der Waals surface area contributed by atoms with Crippen LogP contribution in [0, 0.1) is 5.41 Å². The first kappa shape index (κ1) is 14.6. The Morgan fingerprint density at radius 3 is 2.63 bits per heavy atom. The van der Waals surface area contributed by atoms with Crippen molar-refractivity contribution in [2.24, 2.45) is 5.41 Å². The predicted molar refractivity (Wildman–Crippen MR) is 81.5 cm³/mol. The Hall–Kier alpha value is -0.830. The quantitative estimate of drug-likeness (QED) is 0.354. The normalized spacial score (nSPS) is 24.3. The number of aliphatic hydroxyl groups is 1. The lowest BCUT2D eigenvalue weighted by Crippen LogP contribution is -2.09. The number of ketones is 1. The van der Waals surface area contributed by atoms with Gasteiger partial charge < -0.3 is 5.11 Å². The van der Waals surface area contributed by atoms with Crippen molar-refractivity contribution in [3.63, 3.8) is 0 Å². The van der Waals surface area contributed by atoms with Gasteiger partial charge in [-0.05, 0) is 55.2 Å². The van der Waals surface area contributed by atoms with Gasteiger partial charge in [-0.3, -0.25) is 4.79 Å². The molecule has 0 aromatic carbocycles. The fraction of sp³-hybridized carbons (Fsp3) is 0.562. The van der Waals surface area contributed by atoms with E-state index in [-0.39, 0.29) is 11.1 Å². The molecule has 2 aliphatic rings. The van der Waals surface area contributed by atoms with E-state index in [1.165, 1.54) is 32.1 Å². The minimum atomic E-state index is -0.0484. The van der Waals surface area contributed by atoms with Crippen molar-refractivity contribution in [3.05, 3.63) is 35.6 Å². The topological polar surface area (TPSA) is 37.3 Å². The number of carbonyl (C=O) groups excluding carboxylic acids is 1. The van der Waals surface area contributed by atoms with E-state index in [2.05, 4.69) is 22.5 Å². The van der Waals surface area contributed by atoms with Gasteiger partial charge in [-0.1, -0.05) is 35.4 Å². The maximum Gasteiger partial charge on any atom is 0.172 e. The van der Waals surface area contributed by atoms with Crippen LogP contribution in [0.1, 0.15) is 44.9 Å². The molecule has 0 aromatic rings. The van der Waals surface area contributed by atoms with E-state index < -0.39 is 0 Å². The molecule has 0 saturated heterocycles. The summed E-state index contributed by atoms with van der Waals surface area (Å²) < 4.78 is 0. The number of Topliss-reactive ketones (excluding diaryl/α,β-unsaturated/α-hetero) is 1. The molecule has 3 heteroatoms. The Morgan fingerprint density at radius 2 is 2.00 bits per heavy atom. The first-order chi connectivity index (χ1) is 9.06. The van der Waals surface area contributed by atoms with Gasteiger partial charge in [0.05, 0.1) is 5.33 Å². The highest BCUT2D eigenvalue weighted by Gasteiger charge is 2.39. The van der Waals surface area contributed by atoms with Gasteiger partial charge in [0, 0.05) is 5.57 Å². The Balaban J connectivity index is 2.01. The van der Waals surface area contributed by atoms with Gasteiger partial charge in [0.1, 0.15) is 5.76 Å². The van der Waals surface area contributed by atoms with Crippen molar-refractivity contribution in [1.29, 1.82) is 0 Å². The molecule has 0 amide bonds. The highest BCUT2D eigenvalue weighted by molar-refractivity contribution is 9.09. The summed E-state index contributed by atoms with van der Waals surface area (Å²) in [6.07, 6.45) is 11.8. The standard InChI is InChI=1S/C16H21BrO2/c1-12(15(19)11-17)4-5-14(18)13-6-9-16(10-13)7-2-3-8-16/h4-5,18H,1-3,6-11H2/b5-4-,14-13-. The van der Waals surface area contributed by atoms with E-state index >= 15 is 0 Å². The third-order valence-electron chi connectivity index (χ3n) is 4.49. The predicted octanol–water partition coefficient (Wildman–Crippen LogP) is 4.62. The summed E-state index contributed by atoms with van der Waals surface area (Å²) in [5, 5.41) is 10.4. The number of halogens is 1. The van der Waals surface area contributed by atoms with E-state index in [0.717, 1.165) is 18.4 Å². The molecular weight excluding hydrogens is 304 g/mol. The third kappa shape index (κ3) is 3.38. The maximum atomic E-state index is 11.4. The highest BCUT2D eigenvalue weighted by atomic mass is 79.9. The minimum absolute atomic E-state index is 0.0484. The van der Waals surface area contributed by atoms with Crippen LogP contribution in [-0.4, -0.2) is 16.2 Å². The summed E-state index contributed by atoms with van der Waals surface area (Å²) in [5.41, 5.74) is 2.05. The van der Waals surface area contributed by atoms with E-state index in [0.29, 0.717) is 16.7 Å². The van der Waals surface area contributed by atoms with Gasteiger partial charge in [0.25, 0.3) is 0 Å². The maximum absolute atomic E-state index is 11.4. The van der Waals surface area contributed by atoms with Gasteiger partial charge in [-0.2, -0.15) is 0 Å². The second-order valence-electron chi connectivity index (χ2n) is 5.79. The summed E-state index contributed by atoms with van der Waals surface area (Å²) in [6.45, 7) is 3.69. The monoisotopic (exact) mass is 324 g/mol. The van der Waals surface area contributed by atoms with Crippen LogP contribution in [0.25, 0.3) is 0 Å². The zero-order chi connectivity index (χ0) is 13.9. The number of aliphatic hydroxyl groups excluding tert-OH is 1. The first-order valence-electron chi connectivity index (χ1n) is 6.93. The summed E-state index contributed by atoms with van der Waals surface area (Å²) in [4.78, 5) is 11.4. The van der Waals surface area contributed by atoms with Crippen molar-refractivity contribution in [1.82, 2.24) is 0 Å². The molecule has 0 aliphatic heterocycles. The molecule has 0 aromatic heterocycles. The van der Waals surface area contributed by atoms with Crippen molar-refractivity contribution >= 4 is 21.7 Å². The van der Waals surface area contributed by atoms with Crippen molar-refractivity contribution < 1.29 is 9.90 Å². The van der Waals surface area contributed by atoms with Gasteiger partial charge in [0.2, 0.25) is 0 Å². The number of hydrogen-bond acceptors (Lipinski definition) is 2. The van der Waals surface area contributed by atoms with Gasteiger partial charge >= 0.3 is 0 Å². The highest BCUT2D eigenvalue weighted by Crippen LogP contribution is 2.52. The lowest BCUT2D eigenvalue weighted by molar-refractivity contribution is -0.112. The summed E-state index contributed by atoms with van der Waals surface area (Å²) in [7, 11) is 0. The average molecular weight is 325 g/mol. The van der Waals surface area contributed by atoms with Crippen molar-refractivity contribution in [2.45, 2.75) is 44.9 Å². The van der Waals surface area contributed by atoms with Crippen LogP contribution >= 0.6 is 15.9 Å². The minimum Gasteiger partial charge on any atom is -0.508 e. The van der Waals surface area contributed by atoms with Crippen LogP contribution in [0.15, 0.2) is 35.6 Å². The van der Waals surface area contributed by atoms with E-state index in [4.69, 9.17) is 0 Å². The van der Waals surface area contributed by atoms with Crippen LogP contribution < -0.4 is 0 Å². The van der Waals surface area contributed by atoms with Gasteiger partial charge in [-0.15, -0.1) is 0 Å². The summed E-state index contributed by atoms with van der Waals surface area (Å²) >= 11 is 3.11. The molecule has 2 aliphatic carbocycles. The molecule has 104 valence electrons. The fourth-order valence-corrected chi connectivity index (χ4v) is 3.65. The van der Waals surface area contributed by atoms with Crippen LogP contribution in [0.5, 0.6) is 0 Å². The Kier molecular flexibility index (Phi) is 4.67. The molecule has 19 heavy (non-hydrogen) atoms. The number of alkyl halides is 1. The van der Waals surface area contributed by atoms with E-state index in [1.807, 2.05) is 0 Å². The third-order valence-corrected chi connectivity index (χ3v) is 5.00. The molecule has 0 bridgehead atoms.